The third-order valence-corrected chi connectivity index (χ3v) is 7.82. The minimum absolute atomic E-state index is 1.06. The summed E-state index contributed by atoms with van der Waals surface area (Å²) in [5.74, 6) is 0. The lowest BCUT2D eigenvalue weighted by Gasteiger charge is -2.26. The van der Waals surface area contributed by atoms with Crippen LogP contribution in [0.1, 0.15) is 0 Å². The first-order valence-electron chi connectivity index (χ1n) is 15.2. The molecule has 0 aliphatic carbocycles. The summed E-state index contributed by atoms with van der Waals surface area (Å²) < 4.78 is 0. The summed E-state index contributed by atoms with van der Waals surface area (Å²) in [7, 11) is 0. The Kier molecular flexibility index (Phi) is 8.06. The quantitative estimate of drug-likeness (QED) is 0.178. The summed E-state index contributed by atoms with van der Waals surface area (Å²) in [6.07, 6.45) is 0. The molecule has 3 nitrogen and oxygen atoms in total. The fraction of sp³-hybridized carbons (Fsp3) is 0. The van der Waals surface area contributed by atoms with Gasteiger partial charge in [0.25, 0.3) is 0 Å². The maximum Gasteiger partial charge on any atom is 0.0467 e. The van der Waals surface area contributed by atoms with E-state index in [2.05, 4.69) is 167 Å². The van der Waals surface area contributed by atoms with Gasteiger partial charge in [-0.15, -0.1) is 0 Å². The van der Waals surface area contributed by atoms with Crippen LogP contribution in [0.4, 0.5) is 39.8 Å². The smallest absolute Gasteiger partial charge is 0.0467 e. The normalized spacial score (nSPS) is 10.7. The first kappa shape index (κ1) is 27.8. The topological polar surface area (TPSA) is 27.3 Å². The summed E-state index contributed by atoms with van der Waals surface area (Å²) in [6, 6.07) is 65.7. The van der Waals surface area contributed by atoms with Gasteiger partial charge in [0.2, 0.25) is 0 Å². The maximum absolute atomic E-state index is 3.60. The van der Waals surface area contributed by atoms with Gasteiger partial charge < -0.3 is 15.5 Å². The standard InChI is InChI=1S/C42H33N3/c1-4-14-35(15-5-1)43-37-27-23-32(24-28-37)33-25-29-39(30-26-33)45(38-18-8-3-9-19-38)40-20-12-13-34(31-40)41-21-10-11-22-42(41)44-36-16-6-2-7-17-36/h1-31,43-44H. The lowest BCUT2D eigenvalue weighted by Crippen LogP contribution is -2.09. The van der Waals surface area contributed by atoms with Crippen molar-refractivity contribution < 1.29 is 0 Å². The predicted octanol–water partition coefficient (Wildman–Crippen LogP) is 12.0. The molecule has 0 spiro atoms. The summed E-state index contributed by atoms with van der Waals surface area (Å²) in [6.45, 7) is 0. The summed E-state index contributed by atoms with van der Waals surface area (Å²) >= 11 is 0. The van der Waals surface area contributed by atoms with Crippen LogP contribution in [0.5, 0.6) is 0 Å². The number of hydrogen-bond acceptors (Lipinski definition) is 3. The molecule has 0 atom stereocenters. The SMILES string of the molecule is c1ccc(Nc2ccc(-c3ccc(N(c4ccccc4)c4cccc(-c5ccccc5Nc5ccccc5)c4)cc3)cc2)cc1. The highest BCUT2D eigenvalue weighted by Gasteiger charge is 2.14. The van der Waals surface area contributed by atoms with E-state index in [0.717, 1.165) is 50.9 Å². The second-order valence-electron chi connectivity index (χ2n) is 10.9. The molecule has 0 radical (unpaired) electrons. The Bertz CT molecular complexity index is 1970. The molecule has 0 aromatic heterocycles. The van der Waals surface area contributed by atoms with Gasteiger partial charge in [-0.1, -0.05) is 109 Å². The average molecular weight is 580 g/mol. The number of para-hydroxylation sites is 4. The van der Waals surface area contributed by atoms with Crippen LogP contribution in [0, 0.1) is 0 Å². The number of anilines is 7. The minimum atomic E-state index is 1.06. The molecule has 7 rings (SSSR count). The molecule has 7 aromatic carbocycles. The lowest BCUT2D eigenvalue weighted by molar-refractivity contribution is 1.28. The molecule has 7 aromatic rings. The molecule has 45 heavy (non-hydrogen) atoms. The van der Waals surface area contributed by atoms with Crippen LogP contribution in [-0.4, -0.2) is 0 Å². The minimum Gasteiger partial charge on any atom is -0.356 e. The van der Waals surface area contributed by atoms with Crippen molar-refractivity contribution in [2.45, 2.75) is 0 Å². The van der Waals surface area contributed by atoms with Crippen molar-refractivity contribution >= 4 is 39.8 Å². The molecule has 0 aliphatic rings. The van der Waals surface area contributed by atoms with Crippen LogP contribution in [0.25, 0.3) is 22.3 Å². The molecule has 0 unspecified atom stereocenters. The van der Waals surface area contributed by atoms with Crippen molar-refractivity contribution in [2.75, 3.05) is 15.5 Å². The van der Waals surface area contributed by atoms with E-state index in [0.29, 0.717) is 0 Å². The van der Waals surface area contributed by atoms with Crippen molar-refractivity contribution in [3.8, 4) is 22.3 Å². The van der Waals surface area contributed by atoms with Gasteiger partial charge in [-0.25, -0.2) is 0 Å². The van der Waals surface area contributed by atoms with E-state index >= 15 is 0 Å². The zero-order chi connectivity index (χ0) is 30.3. The molecule has 0 bridgehead atoms. The van der Waals surface area contributed by atoms with Crippen LogP contribution in [0.2, 0.25) is 0 Å². The van der Waals surface area contributed by atoms with Gasteiger partial charge in [0.1, 0.15) is 0 Å². The van der Waals surface area contributed by atoms with E-state index in [-0.39, 0.29) is 0 Å². The van der Waals surface area contributed by atoms with Gasteiger partial charge in [0, 0.05) is 45.4 Å². The van der Waals surface area contributed by atoms with E-state index in [9.17, 15) is 0 Å². The van der Waals surface area contributed by atoms with Crippen LogP contribution in [-0.2, 0) is 0 Å². The fourth-order valence-corrected chi connectivity index (χ4v) is 5.59. The highest BCUT2D eigenvalue weighted by Crippen LogP contribution is 2.39. The molecule has 0 saturated carbocycles. The molecule has 0 saturated heterocycles. The van der Waals surface area contributed by atoms with E-state index in [1.165, 1.54) is 11.1 Å². The first-order chi connectivity index (χ1) is 22.3. The van der Waals surface area contributed by atoms with Crippen molar-refractivity contribution in [3.63, 3.8) is 0 Å². The lowest BCUT2D eigenvalue weighted by atomic mass is 10.0. The summed E-state index contributed by atoms with van der Waals surface area (Å²) in [5.41, 5.74) is 12.2. The molecular weight excluding hydrogens is 546 g/mol. The molecule has 0 heterocycles. The van der Waals surface area contributed by atoms with E-state index in [4.69, 9.17) is 0 Å². The maximum atomic E-state index is 3.60. The van der Waals surface area contributed by atoms with Crippen LogP contribution >= 0.6 is 0 Å². The second-order valence-corrected chi connectivity index (χ2v) is 10.9. The van der Waals surface area contributed by atoms with E-state index in [1.807, 2.05) is 36.4 Å². The van der Waals surface area contributed by atoms with Crippen molar-refractivity contribution in [2.24, 2.45) is 0 Å². The zero-order valence-corrected chi connectivity index (χ0v) is 24.8. The van der Waals surface area contributed by atoms with Crippen LogP contribution in [0.15, 0.2) is 188 Å². The van der Waals surface area contributed by atoms with Crippen LogP contribution in [0.3, 0.4) is 0 Å². The van der Waals surface area contributed by atoms with E-state index in [1.54, 1.807) is 0 Å². The zero-order valence-electron chi connectivity index (χ0n) is 24.8. The van der Waals surface area contributed by atoms with Gasteiger partial charge in [0.05, 0.1) is 0 Å². The second kappa shape index (κ2) is 13.1. The average Bonchev–Trinajstić information content (AvgIpc) is 3.11. The highest BCUT2D eigenvalue weighted by atomic mass is 15.1. The van der Waals surface area contributed by atoms with Gasteiger partial charge in [-0.2, -0.15) is 0 Å². The molecular formula is C42H33N3. The van der Waals surface area contributed by atoms with E-state index < -0.39 is 0 Å². The summed E-state index contributed by atoms with van der Waals surface area (Å²) in [4.78, 5) is 2.31. The van der Waals surface area contributed by atoms with Gasteiger partial charge in [0.15, 0.2) is 0 Å². The molecule has 3 heteroatoms. The third-order valence-electron chi connectivity index (χ3n) is 7.82. The first-order valence-corrected chi connectivity index (χ1v) is 15.2. The Morgan fingerprint density at radius 1 is 0.311 bits per heavy atom. The monoisotopic (exact) mass is 579 g/mol. The van der Waals surface area contributed by atoms with Crippen molar-refractivity contribution in [3.05, 3.63) is 188 Å². The van der Waals surface area contributed by atoms with Crippen molar-refractivity contribution in [1.29, 1.82) is 0 Å². The van der Waals surface area contributed by atoms with Crippen LogP contribution < -0.4 is 15.5 Å². The Morgan fingerprint density at radius 2 is 0.800 bits per heavy atom. The fourth-order valence-electron chi connectivity index (χ4n) is 5.59. The Labute approximate surface area is 265 Å². The summed E-state index contributed by atoms with van der Waals surface area (Å²) in [5, 5.41) is 7.07. The number of benzene rings is 7. The third kappa shape index (κ3) is 6.48. The Hall–Kier alpha value is -6.06. The Balaban J connectivity index is 1.19. The van der Waals surface area contributed by atoms with Gasteiger partial charge in [-0.3, -0.25) is 0 Å². The van der Waals surface area contributed by atoms with Gasteiger partial charge in [-0.05, 0) is 95.6 Å². The number of nitrogens with one attached hydrogen (secondary N) is 2. The highest BCUT2D eigenvalue weighted by molar-refractivity contribution is 5.85. The van der Waals surface area contributed by atoms with Crippen molar-refractivity contribution in [1.82, 2.24) is 0 Å². The molecule has 0 fully saturated rings. The number of hydrogen-bond donors (Lipinski definition) is 2. The molecule has 0 aliphatic heterocycles. The number of nitrogens with zero attached hydrogens (tertiary/aromatic N) is 1. The predicted molar refractivity (Wildman–Crippen MR) is 191 cm³/mol. The number of rotatable bonds is 9. The molecule has 216 valence electrons. The van der Waals surface area contributed by atoms with Gasteiger partial charge >= 0.3 is 0 Å². The molecule has 2 N–H and O–H groups in total. The Morgan fingerprint density at radius 3 is 1.47 bits per heavy atom. The molecule has 0 amide bonds. The largest absolute Gasteiger partial charge is 0.356 e.